The second-order valence-corrected chi connectivity index (χ2v) is 11.8. The van der Waals surface area contributed by atoms with Gasteiger partial charge in [0.25, 0.3) is 0 Å². The van der Waals surface area contributed by atoms with Crippen LogP contribution in [0.4, 0.5) is 0 Å². The number of likely N-dealkylation sites (tertiary alicyclic amines) is 1. The quantitative estimate of drug-likeness (QED) is 0.125. The van der Waals surface area contributed by atoms with Crippen LogP contribution in [0.5, 0.6) is 0 Å². The fraction of sp³-hybridized carbons (Fsp3) is 0.844. The number of nitrogens with one attached hydrogen (secondary N) is 1. The zero-order valence-corrected chi connectivity index (χ0v) is 37.5. The van der Waals surface area contributed by atoms with Crippen LogP contribution in [-0.4, -0.2) is 55.1 Å². The van der Waals surface area contributed by atoms with Crippen LogP contribution in [0.2, 0.25) is 0 Å². The van der Waals surface area contributed by atoms with E-state index in [2.05, 4.69) is 78.4 Å². The summed E-state index contributed by atoms with van der Waals surface area (Å²) in [6.07, 6.45) is 19.4. The van der Waals surface area contributed by atoms with Gasteiger partial charge < -0.3 is 20.6 Å². The fourth-order valence-corrected chi connectivity index (χ4v) is 4.90. The lowest BCUT2D eigenvalue weighted by molar-refractivity contribution is -0.125. The minimum absolute atomic E-state index is 0. The average molecular weight is 732 g/mol. The van der Waals surface area contributed by atoms with Gasteiger partial charge in [0.2, 0.25) is 5.91 Å². The predicted octanol–water partition coefficient (Wildman–Crippen LogP) is 13.3. The summed E-state index contributed by atoms with van der Waals surface area (Å²) in [4.78, 5) is 33.4. The topological polar surface area (TPSA) is 92.5 Å². The molecule has 1 heterocycles. The van der Waals surface area contributed by atoms with Crippen LogP contribution in [-0.2, 0) is 14.4 Å². The maximum Gasteiger partial charge on any atom is 0.237 e. The van der Waals surface area contributed by atoms with Crippen LogP contribution in [0.3, 0.4) is 0 Å². The smallest absolute Gasteiger partial charge is 0.237 e. The number of carbonyl (C=O) groups is 3. The van der Waals surface area contributed by atoms with Crippen LogP contribution in [0.1, 0.15) is 202 Å². The van der Waals surface area contributed by atoms with Gasteiger partial charge in [0.15, 0.2) is 0 Å². The van der Waals surface area contributed by atoms with Gasteiger partial charge in [0.05, 0.1) is 12.1 Å². The molecule has 0 spiro atoms. The van der Waals surface area contributed by atoms with E-state index < -0.39 is 0 Å². The van der Waals surface area contributed by atoms with Gasteiger partial charge in [-0.3, -0.25) is 9.69 Å². The van der Waals surface area contributed by atoms with Crippen molar-refractivity contribution in [3.8, 4) is 0 Å². The fourth-order valence-electron chi connectivity index (χ4n) is 4.90. The first-order valence-corrected chi connectivity index (χ1v) is 20.7. The third-order valence-electron chi connectivity index (χ3n) is 7.26. The SMILES string of the molecule is C.C=C.C=CCCCCC.CC.CC.CC.CC.CC=O.CCC.CCC(C)CC(C)NC(=O)C1C[C@@H](C)CN1C.NC(C=O)C1CCCCC1. The molecule has 4 unspecified atom stereocenters. The molecule has 2 rings (SSSR count). The van der Waals surface area contributed by atoms with Crippen molar-refractivity contribution in [2.24, 2.45) is 23.5 Å². The zero-order chi connectivity index (χ0) is 41.3. The van der Waals surface area contributed by atoms with E-state index in [0.717, 1.165) is 44.8 Å². The number of nitrogens with zero attached hydrogens (tertiary/aromatic N) is 1. The maximum absolute atomic E-state index is 12.1. The highest BCUT2D eigenvalue weighted by molar-refractivity contribution is 5.82. The van der Waals surface area contributed by atoms with Crippen LogP contribution < -0.4 is 11.1 Å². The zero-order valence-electron chi connectivity index (χ0n) is 37.5. The molecular formula is C45H101N3O3. The van der Waals surface area contributed by atoms with Crippen molar-refractivity contribution in [1.82, 2.24) is 10.2 Å². The van der Waals surface area contributed by atoms with Crippen LogP contribution in [0.15, 0.2) is 25.8 Å². The Balaban J connectivity index is -0.0000000639. The number of aldehydes is 2. The van der Waals surface area contributed by atoms with Crippen molar-refractivity contribution >= 4 is 18.5 Å². The summed E-state index contributed by atoms with van der Waals surface area (Å²) in [6, 6.07) is 0.187. The van der Waals surface area contributed by atoms with Gasteiger partial charge in [0.1, 0.15) is 12.6 Å². The molecule has 2 fully saturated rings. The van der Waals surface area contributed by atoms with Crippen molar-refractivity contribution in [3.05, 3.63) is 25.8 Å². The van der Waals surface area contributed by atoms with Gasteiger partial charge in [-0.25, -0.2) is 0 Å². The summed E-state index contributed by atoms with van der Waals surface area (Å²) in [5.74, 6) is 2.02. The van der Waals surface area contributed by atoms with E-state index in [1.165, 1.54) is 64.7 Å². The molecule has 0 radical (unpaired) electrons. The van der Waals surface area contributed by atoms with E-state index in [0.29, 0.717) is 23.8 Å². The predicted molar refractivity (Wildman–Crippen MR) is 238 cm³/mol. The summed E-state index contributed by atoms with van der Waals surface area (Å²) in [5, 5.41) is 3.16. The normalized spacial score (nSPS) is 16.7. The lowest BCUT2D eigenvalue weighted by Crippen LogP contribution is -2.45. The summed E-state index contributed by atoms with van der Waals surface area (Å²) in [6.45, 7) is 43.3. The van der Waals surface area contributed by atoms with Crippen LogP contribution >= 0.6 is 0 Å². The first-order chi connectivity index (χ1) is 24.0. The molecule has 0 bridgehead atoms. The van der Waals surface area contributed by atoms with E-state index in [1.54, 1.807) is 0 Å². The first-order valence-electron chi connectivity index (χ1n) is 20.7. The van der Waals surface area contributed by atoms with Gasteiger partial charge in [-0.2, -0.15) is 0 Å². The molecule has 0 aromatic carbocycles. The molecule has 1 saturated carbocycles. The molecule has 6 nitrogen and oxygen atoms in total. The second kappa shape index (κ2) is 66.5. The number of unbranched alkanes of at least 4 members (excludes halogenated alkanes) is 3. The maximum atomic E-state index is 12.1. The molecule has 6 heteroatoms. The van der Waals surface area contributed by atoms with E-state index in [-0.39, 0.29) is 25.4 Å². The van der Waals surface area contributed by atoms with Crippen molar-refractivity contribution < 1.29 is 14.4 Å². The van der Waals surface area contributed by atoms with Gasteiger partial charge in [-0.1, -0.05) is 155 Å². The van der Waals surface area contributed by atoms with Crippen LogP contribution in [0.25, 0.3) is 0 Å². The molecule has 5 atom stereocenters. The van der Waals surface area contributed by atoms with Gasteiger partial charge in [-0.05, 0) is 77.2 Å². The molecule has 1 saturated heterocycles. The lowest BCUT2D eigenvalue weighted by Gasteiger charge is -2.23. The molecule has 0 aromatic heterocycles. The van der Waals surface area contributed by atoms with Gasteiger partial charge in [-0.15, -0.1) is 19.7 Å². The van der Waals surface area contributed by atoms with E-state index in [9.17, 15) is 9.59 Å². The Hall–Kier alpha value is -1.79. The lowest BCUT2D eigenvalue weighted by atomic mass is 9.85. The minimum atomic E-state index is -0.194. The Bertz CT molecular complexity index is 609. The van der Waals surface area contributed by atoms with Crippen LogP contribution in [0, 0.1) is 17.8 Å². The Kier molecular flexibility index (Phi) is 92.2. The van der Waals surface area contributed by atoms with Crippen molar-refractivity contribution in [2.75, 3.05) is 13.6 Å². The largest absolute Gasteiger partial charge is 0.352 e. The number of hydrogen-bond acceptors (Lipinski definition) is 5. The van der Waals surface area contributed by atoms with Gasteiger partial charge in [0, 0.05) is 12.6 Å². The number of hydrogen-bond donors (Lipinski definition) is 2. The standard InChI is InChI=1S/C14H28N2O.C8H15NO.C7H14.C3H8.C2H4O.4C2H6.C2H4.CH4/c1-6-10(2)7-12(4)15-14(17)13-8-11(3)9-16(13)5;9-8(6-10)7-4-2-1-3-5-7;1-3-5-7-6-4-2;1-3-2;1-2-3;5*1-2;/h10-13H,6-9H2,1-5H3,(H,15,17);6-8H,1-5,9H2;3H,1,4-7H2,2H3;3H2,1-2H3;2H,1H3;4*1-2H3;1-2H2;1H4/t10?,11-,12?,13?;;;;;;;;;;/m1........../s1. The molecule has 0 aromatic rings. The number of allylic oxidation sites excluding steroid dienone is 1. The average Bonchev–Trinajstić information content (AvgIpc) is 3.51. The number of nitrogens with two attached hydrogens (primary N) is 1. The first kappa shape index (κ1) is 70.7. The highest BCUT2D eigenvalue weighted by atomic mass is 16.2. The summed E-state index contributed by atoms with van der Waals surface area (Å²) in [5.41, 5.74) is 5.58. The summed E-state index contributed by atoms with van der Waals surface area (Å²) >= 11 is 0. The third kappa shape index (κ3) is 57.8. The molecule has 1 aliphatic heterocycles. The molecule has 3 N–H and O–H groups in total. The summed E-state index contributed by atoms with van der Waals surface area (Å²) in [7, 11) is 2.05. The van der Waals surface area contributed by atoms with E-state index in [4.69, 9.17) is 10.5 Å². The minimum Gasteiger partial charge on any atom is -0.352 e. The Morgan fingerprint density at radius 2 is 1.33 bits per heavy atom. The Labute approximate surface area is 325 Å². The highest BCUT2D eigenvalue weighted by Gasteiger charge is 2.32. The molecule has 1 aliphatic carbocycles. The Morgan fingerprint density at radius 3 is 1.65 bits per heavy atom. The van der Waals surface area contributed by atoms with Crippen molar-refractivity contribution in [2.45, 2.75) is 220 Å². The second-order valence-electron chi connectivity index (χ2n) is 11.8. The molecule has 314 valence electrons. The number of likely N-dealkylation sites (N-methyl/N-ethyl adjacent to an activating group) is 1. The number of rotatable bonds is 11. The number of amides is 1. The molecular weight excluding hydrogens is 631 g/mol. The van der Waals surface area contributed by atoms with E-state index in [1.807, 2.05) is 68.5 Å². The highest BCUT2D eigenvalue weighted by Crippen LogP contribution is 2.24. The third-order valence-corrected chi connectivity index (χ3v) is 7.26. The summed E-state index contributed by atoms with van der Waals surface area (Å²) < 4.78 is 0. The van der Waals surface area contributed by atoms with Gasteiger partial charge >= 0.3 is 0 Å². The molecule has 51 heavy (non-hydrogen) atoms. The van der Waals surface area contributed by atoms with E-state index >= 15 is 0 Å². The molecule has 1 amide bonds. The molecule has 2 aliphatic rings. The Morgan fingerprint density at radius 1 is 0.902 bits per heavy atom. The van der Waals surface area contributed by atoms with Crippen molar-refractivity contribution in [1.29, 1.82) is 0 Å². The number of carbonyl (C=O) groups excluding carboxylic acids is 3. The van der Waals surface area contributed by atoms with Crippen molar-refractivity contribution in [3.63, 3.8) is 0 Å². The monoisotopic (exact) mass is 732 g/mol.